The first-order chi connectivity index (χ1) is 13.3. The Bertz CT molecular complexity index is 832. The third-order valence-corrected chi connectivity index (χ3v) is 5.34. The van der Waals surface area contributed by atoms with Crippen LogP contribution in [0.15, 0.2) is 30.5 Å². The van der Waals surface area contributed by atoms with Gasteiger partial charge in [-0.15, -0.1) is 0 Å². The van der Waals surface area contributed by atoms with E-state index in [1.807, 2.05) is 13.1 Å². The standard InChI is InChI=1S/C20H25F3N4O/c1-24-19(28)13-27-9-6-14(7-10-27)12-26(2)18-5-8-25-17-11-15(20(21,22)23)3-4-16(17)18/h3-5,8,11,14H,6-7,9-10,12-13H2,1-2H3,(H,24,28). The molecule has 1 aromatic heterocycles. The van der Waals surface area contributed by atoms with E-state index in [2.05, 4.69) is 20.1 Å². The SMILES string of the molecule is CNC(=O)CN1CCC(CN(C)c2ccnc3cc(C(F)(F)F)ccc23)CC1. The normalized spacial score (nSPS) is 16.3. The molecule has 2 aromatic rings. The topological polar surface area (TPSA) is 48.5 Å². The third-order valence-electron chi connectivity index (χ3n) is 5.34. The van der Waals surface area contributed by atoms with E-state index in [0.29, 0.717) is 18.0 Å². The lowest BCUT2D eigenvalue weighted by molar-refractivity contribution is -0.137. The lowest BCUT2D eigenvalue weighted by Gasteiger charge is -2.34. The van der Waals surface area contributed by atoms with E-state index in [4.69, 9.17) is 0 Å². The molecule has 1 saturated heterocycles. The van der Waals surface area contributed by atoms with E-state index in [-0.39, 0.29) is 5.91 Å². The molecule has 1 aliphatic rings. The molecule has 0 atom stereocenters. The van der Waals surface area contributed by atoms with E-state index in [1.54, 1.807) is 13.2 Å². The molecule has 5 nitrogen and oxygen atoms in total. The molecular formula is C20H25F3N4O. The van der Waals surface area contributed by atoms with Crippen molar-refractivity contribution in [3.8, 4) is 0 Å². The highest BCUT2D eigenvalue weighted by molar-refractivity contribution is 5.91. The summed E-state index contributed by atoms with van der Waals surface area (Å²) in [6.07, 6.45) is -0.841. The summed E-state index contributed by atoms with van der Waals surface area (Å²) in [5.41, 5.74) is 0.543. The molecule has 0 aliphatic carbocycles. The largest absolute Gasteiger partial charge is 0.416 e. The molecule has 1 aliphatic heterocycles. The zero-order valence-electron chi connectivity index (χ0n) is 16.1. The number of carbonyl (C=O) groups excluding carboxylic acids is 1. The van der Waals surface area contributed by atoms with E-state index >= 15 is 0 Å². The Kier molecular flexibility index (Phi) is 6.07. The van der Waals surface area contributed by atoms with Crippen molar-refractivity contribution in [2.75, 3.05) is 45.2 Å². The number of hydrogen-bond acceptors (Lipinski definition) is 4. The van der Waals surface area contributed by atoms with Crippen molar-refractivity contribution in [2.24, 2.45) is 5.92 Å². The number of aromatic nitrogens is 1. The third kappa shape index (κ3) is 4.73. The Morgan fingerprint density at radius 3 is 2.64 bits per heavy atom. The zero-order chi connectivity index (χ0) is 20.3. The molecule has 0 bridgehead atoms. The molecule has 28 heavy (non-hydrogen) atoms. The van der Waals surface area contributed by atoms with Gasteiger partial charge in [0.2, 0.25) is 5.91 Å². The Hall–Kier alpha value is -2.35. The summed E-state index contributed by atoms with van der Waals surface area (Å²) >= 11 is 0. The van der Waals surface area contributed by atoms with Crippen LogP contribution in [-0.4, -0.2) is 56.1 Å². The summed E-state index contributed by atoms with van der Waals surface area (Å²) in [5.74, 6) is 0.501. The van der Waals surface area contributed by atoms with Crippen molar-refractivity contribution in [1.29, 1.82) is 0 Å². The van der Waals surface area contributed by atoms with Crippen LogP contribution >= 0.6 is 0 Å². The van der Waals surface area contributed by atoms with Gasteiger partial charge < -0.3 is 10.2 Å². The molecule has 1 aromatic carbocycles. The molecule has 2 heterocycles. The molecule has 8 heteroatoms. The second-order valence-corrected chi connectivity index (χ2v) is 7.33. The van der Waals surface area contributed by atoms with Gasteiger partial charge in [0.05, 0.1) is 17.6 Å². The minimum absolute atomic E-state index is 0.0250. The first-order valence-corrected chi connectivity index (χ1v) is 9.38. The average molecular weight is 394 g/mol. The number of amides is 1. The number of anilines is 1. The van der Waals surface area contributed by atoms with Gasteiger partial charge in [-0.25, -0.2) is 0 Å². The van der Waals surface area contributed by atoms with Gasteiger partial charge in [-0.1, -0.05) is 6.07 Å². The van der Waals surface area contributed by atoms with Crippen LogP contribution in [0.5, 0.6) is 0 Å². The fourth-order valence-electron chi connectivity index (χ4n) is 3.74. The number of nitrogens with one attached hydrogen (secondary N) is 1. The summed E-state index contributed by atoms with van der Waals surface area (Å²) in [5, 5.41) is 3.36. The Balaban J connectivity index is 1.67. The summed E-state index contributed by atoms with van der Waals surface area (Å²) < 4.78 is 38.9. The van der Waals surface area contributed by atoms with Gasteiger partial charge in [-0.3, -0.25) is 14.7 Å². The van der Waals surface area contributed by atoms with Gasteiger partial charge in [-0.2, -0.15) is 13.2 Å². The fourth-order valence-corrected chi connectivity index (χ4v) is 3.74. The minimum Gasteiger partial charge on any atom is -0.374 e. The second-order valence-electron chi connectivity index (χ2n) is 7.33. The monoisotopic (exact) mass is 394 g/mol. The molecular weight excluding hydrogens is 369 g/mol. The number of piperidine rings is 1. The Morgan fingerprint density at radius 1 is 1.29 bits per heavy atom. The van der Waals surface area contributed by atoms with Crippen molar-refractivity contribution in [3.63, 3.8) is 0 Å². The van der Waals surface area contributed by atoms with Crippen LogP contribution in [0, 0.1) is 5.92 Å². The second kappa shape index (κ2) is 8.34. The number of alkyl halides is 3. The van der Waals surface area contributed by atoms with E-state index in [1.165, 1.54) is 6.07 Å². The van der Waals surface area contributed by atoms with Gasteiger partial charge in [0.1, 0.15) is 0 Å². The maximum absolute atomic E-state index is 13.0. The average Bonchev–Trinajstić information content (AvgIpc) is 2.67. The van der Waals surface area contributed by atoms with Crippen molar-refractivity contribution in [3.05, 3.63) is 36.0 Å². The van der Waals surface area contributed by atoms with Crippen LogP contribution in [0.25, 0.3) is 10.9 Å². The maximum atomic E-state index is 13.0. The van der Waals surface area contributed by atoms with Crippen LogP contribution in [0.1, 0.15) is 18.4 Å². The number of benzene rings is 1. The van der Waals surface area contributed by atoms with Crippen LogP contribution in [0.3, 0.4) is 0 Å². The highest BCUT2D eigenvalue weighted by Crippen LogP contribution is 2.33. The lowest BCUT2D eigenvalue weighted by Crippen LogP contribution is -2.42. The molecule has 0 spiro atoms. The number of rotatable bonds is 5. The van der Waals surface area contributed by atoms with E-state index in [9.17, 15) is 18.0 Å². The molecule has 1 N–H and O–H groups in total. The van der Waals surface area contributed by atoms with Crippen molar-refractivity contribution in [2.45, 2.75) is 19.0 Å². The number of likely N-dealkylation sites (tertiary alicyclic amines) is 1. The number of halogens is 3. The van der Waals surface area contributed by atoms with Gasteiger partial charge in [0.25, 0.3) is 0 Å². The molecule has 152 valence electrons. The first-order valence-electron chi connectivity index (χ1n) is 9.38. The number of fused-ring (bicyclic) bond motifs is 1. The van der Waals surface area contributed by atoms with Crippen LogP contribution in [-0.2, 0) is 11.0 Å². The quantitative estimate of drug-likeness (QED) is 0.847. The fraction of sp³-hybridized carbons (Fsp3) is 0.500. The number of likely N-dealkylation sites (N-methyl/N-ethyl adjacent to an activating group) is 1. The molecule has 0 saturated carbocycles. The smallest absolute Gasteiger partial charge is 0.374 e. The highest BCUT2D eigenvalue weighted by atomic mass is 19.4. The van der Waals surface area contributed by atoms with Gasteiger partial charge >= 0.3 is 6.18 Å². The van der Waals surface area contributed by atoms with Gasteiger partial charge in [0.15, 0.2) is 0 Å². The van der Waals surface area contributed by atoms with Crippen molar-refractivity contribution >= 4 is 22.5 Å². The molecule has 1 fully saturated rings. The number of nitrogens with zero attached hydrogens (tertiary/aromatic N) is 3. The zero-order valence-corrected chi connectivity index (χ0v) is 16.1. The van der Waals surface area contributed by atoms with Crippen molar-refractivity contribution < 1.29 is 18.0 Å². The first kappa shape index (κ1) is 20.4. The predicted molar refractivity (Wildman–Crippen MR) is 103 cm³/mol. The molecule has 3 rings (SSSR count). The summed E-state index contributed by atoms with van der Waals surface area (Å²) in [7, 11) is 3.60. The van der Waals surface area contributed by atoms with Crippen LogP contribution in [0.2, 0.25) is 0 Å². The number of carbonyl (C=O) groups is 1. The Morgan fingerprint density at radius 2 is 2.00 bits per heavy atom. The minimum atomic E-state index is -4.37. The Labute approximate surface area is 162 Å². The molecule has 0 unspecified atom stereocenters. The summed E-state index contributed by atoms with van der Waals surface area (Å²) in [6, 6.07) is 5.56. The van der Waals surface area contributed by atoms with Gasteiger partial charge in [-0.05, 0) is 50.0 Å². The van der Waals surface area contributed by atoms with Crippen molar-refractivity contribution in [1.82, 2.24) is 15.2 Å². The number of pyridine rings is 1. The predicted octanol–water partition coefficient (Wildman–Crippen LogP) is 3.15. The molecule has 1 amide bonds. The van der Waals surface area contributed by atoms with Crippen LogP contribution < -0.4 is 10.2 Å². The van der Waals surface area contributed by atoms with Gasteiger partial charge in [0, 0.05) is 37.9 Å². The maximum Gasteiger partial charge on any atom is 0.416 e. The van der Waals surface area contributed by atoms with Crippen LogP contribution in [0.4, 0.5) is 18.9 Å². The summed E-state index contributed by atoms with van der Waals surface area (Å²) in [4.78, 5) is 19.9. The summed E-state index contributed by atoms with van der Waals surface area (Å²) in [6.45, 7) is 2.99. The van der Waals surface area contributed by atoms with E-state index < -0.39 is 11.7 Å². The highest BCUT2D eigenvalue weighted by Gasteiger charge is 2.31. The molecule has 0 radical (unpaired) electrons. The van der Waals surface area contributed by atoms with E-state index in [0.717, 1.165) is 55.7 Å². The lowest BCUT2D eigenvalue weighted by atomic mass is 9.96. The number of hydrogen-bond donors (Lipinski definition) is 1.